The maximum atomic E-state index is 9.57. The van der Waals surface area contributed by atoms with Gasteiger partial charge in [0, 0.05) is 17.9 Å². The molecule has 1 saturated heterocycles. The molecule has 1 aliphatic carbocycles. The summed E-state index contributed by atoms with van der Waals surface area (Å²) < 4.78 is 5.94. The Morgan fingerprint density at radius 1 is 1.39 bits per heavy atom. The second-order valence-electron chi connectivity index (χ2n) is 5.72. The molecule has 0 spiro atoms. The predicted octanol–water partition coefficient (Wildman–Crippen LogP) is 3.36. The zero-order chi connectivity index (χ0) is 12.6. The normalized spacial score (nSPS) is 31.7. The highest BCUT2D eigenvalue weighted by Gasteiger charge is 2.50. The van der Waals surface area contributed by atoms with Crippen molar-refractivity contribution in [3.8, 4) is 5.75 Å². The van der Waals surface area contributed by atoms with E-state index in [9.17, 15) is 5.11 Å². The van der Waals surface area contributed by atoms with Crippen LogP contribution in [0.25, 0.3) is 0 Å². The number of aromatic hydroxyl groups is 1. The van der Waals surface area contributed by atoms with Gasteiger partial charge in [-0.2, -0.15) is 0 Å². The molecule has 1 aromatic rings. The Hall–Kier alpha value is -0.730. The van der Waals surface area contributed by atoms with Crippen LogP contribution in [0, 0.1) is 11.3 Å². The highest BCUT2D eigenvalue weighted by Crippen LogP contribution is 2.50. The van der Waals surface area contributed by atoms with E-state index in [1.54, 1.807) is 6.07 Å². The molecule has 2 fully saturated rings. The van der Waals surface area contributed by atoms with Crippen molar-refractivity contribution in [2.45, 2.75) is 31.8 Å². The van der Waals surface area contributed by atoms with Crippen LogP contribution in [0.5, 0.6) is 5.75 Å². The fourth-order valence-electron chi connectivity index (χ4n) is 3.20. The van der Waals surface area contributed by atoms with Crippen molar-refractivity contribution in [3.63, 3.8) is 0 Å². The quantitative estimate of drug-likeness (QED) is 0.847. The van der Waals surface area contributed by atoms with E-state index in [-0.39, 0.29) is 5.41 Å². The van der Waals surface area contributed by atoms with Gasteiger partial charge in [0.2, 0.25) is 0 Å². The number of phenolic OH excluding ortho intramolecular Hbond substituents is 1. The first-order valence-corrected chi connectivity index (χ1v) is 7.22. The summed E-state index contributed by atoms with van der Waals surface area (Å²) in [5, 5.41) is 9.57. The Morgan fingerprint density at radius 3 is 2.89 bits per heavy atom. The Bertz CT molecular complexity index is 430. The highest BCUT2D eigenvalue weighted by atomic mass is 35.5. The monoisotopic (exact) mass is 266 g/mol. The number of benzene rings is 1. The Labute approximate surface area is 113 Å². The van der Waals surface area contributed by atoms with Crippen molar-refractivity contribution in [1.82, 2.24) is 0 Å². The lowest BCUT2D eigenvalue weighted by molar-refractivity contribution is 0.0403. The zero-order valence-corrected chi connectivity index (χ0v) is 11.2. The molecule has 2 nitrogen and oxygen atoms in total. The number of phenols is 1. The summed E-state index contributed by atoms with van der Waals surface area (Å²) in [6.07, 6.45) is 4.82. The van der Waals surface area contributed by atoms with Crippen molar-refractivity contribution in [2.24, 2.45) is 11.3 Å². The van der Waals surface area contributed by atoms with Crippen molar-refractivity contribution in [3.05, 3.63) is 29.8 Å². The molecular formula is C15H19ClO2. The number of ether oxygens (including phenoxy) is 1. The van der Waals surface area contributed by atoms with Crippen LogP contribution in [0.3, 0.4) is 0 Å². The standard InChI is InChI=1S/C15H19ClO2/c16-10-15(6-7-18-14(15)12-4-5-12)9-11-2-1-3-13(17)8-11/h1-3,8,12,14,17H,4-7,9-10H2. The minimum absolute atomic E-state index is 0.0660. The summed E-state index contributed by atoms with van der Waals surface area (Å²) in [6, 6.07) is 7.52. The Morgan fingerprint density at radius 2 is 2.22 bits per heavy atom. The molecule has 98 valence electrons. The largest absolute Gasteiger partial charge is 0.508 e. The molecule has 3 heteroatoms. The van der Waals surface area contributed by atoms with E-state index in [0.29, 0.717) is 23.7 Å². The molecular weight excluding hydrogens is 248 g/mol. The number of alkyl halides is 1. The molecule has 0 bridgehead atoms. The number of hydrogen-bond donors (Lipinski definition) is 1. The molecule has 3 rings (SSSR count). The van der Waals surface area contributed by atoms with Crippen LogP contribution in [-0.2, 0) is 11.2 Å². The molecule has 2 unspecified atom stereocenters. The molecule has 0 amide bonds. The van der Waals surface area contributed by atoms with Gasteiger partial charge in [-0.15, -0.1) is 11.6 Å². The van der Waals surface area contributed by atoms with Crippen LogP contribution in [0.2, 0.25) is 0 Å². The topological polar surface area (TPSA) is 29.5 Å². The number of rotatable bonds is 4. The van der Waals surface area contributed by atoms with Crippen LogP contribution < -0.4 is 0 Å². The first-order chi connectivity index (χ1) is 8.73. The van der Waals surface area contributed by atoms with E-state index in [4.69, 9.17) is 16.3 Å². The summed E-state index contributed by atoms with van der Waals surface area (Å²) in [5.41, 5.74) is 1.23. The van der Waals surface area contributed by atoms with Crippen LogP contribution in [0.1, 0.15) is 24.8 Å². The van der Waals surface area contributed by atoms with Crippen LogP contribution in [0.4, 0.5) is 0 Å². The molecule has 2 aliphatic rings. The van der Waals surface area contributed by atoms with Gasteiger partial charge in [-0.3, -0.25) is 0 Å². The van der Waals surface area contributed by atoms with E-state index in [0.717, 1.165) is 25.0 Å². The summed E-state index contributed by atoms with van der Waals surface area (Å²) in [7, 11) is 0. The first-order valence-electron chi connectivity index (χ1n) is 6.69. The van der Waals surface area contributed by atoms with Crippen molar-refractivity contribution in [1.29, 1.82) is 0 Å². The van der Waals surface area contributed by atoms with Gasteiger partial charge in [-0.25, -0.2) is 0 Å². The first kappa shape index (κ1) is 12.3. The van der Waals surface area contributed by atoms with Gasteiger partial charge in [0.1, 0.15) is 5.75 Å². The summed E-state index contributed by atoms with van der Waals surface area (Å²) in [6.45, 7) is 0.826. The van der Waals surface area contributed by atoms with Gasteiger partial charge in [0.05, 0.1) is 6.10 Å². The van der Waals surface area contributed by atoms with Crippen molar-refractivity contribution < 1.29 is 9.84 Å². The minimum atomic E-state index is 0.0660. The van der Waals surface area contributed by atoms with E-state index < -0.39 is 0 Å². The maximum Gasteiger partial charge on any atom is 0.115 e. The van der Waals surface area contributed by atoms with Gasteiger partial charge in [0.25, 0.3) is 0 Å². The number of hydrogen-bond acceptors (Lipinski definition) is 2. The highest BCUT2D eigenvalue weighted by molar-refractivity contribution is 6.18. The van der Waals surface area contributed by atoms with E-state index >= 15 is 0 Å². The van der Waals surface area contributed by atoms with Crippen LogP contribution in [-0.4, -0.2) is 23.7 Å². The lowest BCUT2D eigenvalue weighted by Gasteiger charge is -2.32. The molecule has 0 radical (unpaired) electrons. The summed E-state index contributed by atoms with van der Waals surface area (Å²) in [5.74, 6) is 1.69. The van der Waals surface area contributed by atoms with Gasteiger partial charge in [0.15, 0.2) is 0 Å². The molecule has 1 saturated carbocycles. The van der Waals surface area contributed by atoms with Crippen LogP contribution in [0.15, 0.2) is 24.3 Å². The average molecular weight is 267 g/mol. The zero-order valence-electron chi connectivity index (χ0n) is 10.4. The second kappa shape index (κ2) is 4.75. The molecule has 2 atom stereocenters. The summed E-state index contributed by atoms with van der Waals surface area (Å²) >= 11 is 6.28. The lowest BCUT2D eigenvalue weighted by Crippen LogP contribution is -2.36. The molecule has 1 aliphatic heterocycles. The lowest BCUT2D eigenvalue weighted by atomic mass is 9.76. The van der Waals surface area contributed by atoms with Crippen molar-refractivity contribution in [2.75, 3.05) is 12.5 Å². The van der Waals surface area contributed by atoms with Gasteiger partial charge < -0.3 is 9.84 Å². The van der Waals surface area contributed by atoms with Crippen LogP contribution >= 0.6 is 11.6 Å². The third-order valence-electron chi connectivity index (χ3n) is 4.28. The van der Waals surface area contributed by atoms with Gasteiger partial charge in [-0.05, 0) is 49.3 Å². The third-order valence-corrected chi connectivity index (χ3v) is 4.82. The van der Waals surface area contributed by atoms with E-state index in [1.807, 2.05) is 12.1 Å². The van der Waals surface area contributed by atoms with Gasteiger partial charge >= 0.3 is 0 Å². The van der Waals surface area contributed by atoms with Gasteiger partial charge in [-0.1, -0.05) is 12.1 Å². The molecule has 0 aromatic heterocycles. The van der Waals surface area contributed by atoms with E-state index in [1.165, 1.54) is 12.8 Å². The summed E-state index contributed by atoms with van der Waals surface area (Å²) in [4.78, 5) is 0. The molecule has 1 heterocycles. The molecule has 1 aromatic carbocycles. The van der Waals surface area contributed by atoms with E-state index in [2.05, 4.69) is 6.07 Å². The Kier molecular flexibility index (Phi) is 3.25. The average Bonchev–Trinajstić information content (AvgIpc) is 3.12. The fourth-order valence-corrected chi connectivity index (χ4v) is 3.58. The fraction of sp³-hybridized carbons (Fsp3) is 0.600. The van der Waals surface area contributed by atoms with Crippen molar-refractivity contribution >= 4 is 11.6 Å². The second-order valence-corrected chi connectivity index (χ2v) is 5.99. The molecule has 1 N–H and O–H groups in total. The SMILES string of the molecule is Oc1cccc(CC2(CCl)CCOC2C2CC2)c1. The Balaban J connectivity index is 1.82. The third kappa shape index (κ3) is 2.24. The minimum Gasteiger partial charge on any atom is -0.508 e. The number of halogens is 1. The molecule has 18 heavy (non-hydrogen) atoms. The smallest absolute Gasteiger partial charge is 0.115 e. The maximum absolute atomic E-state index is 9.57. The predicted molar refractivity (Wildman–Crippen MR) is 72.0 cm³/mol.